The number of nitrogens with zero attached hydrogens (tertiary/aromatic N) is 3. The first-order valence-corrected chi connectivity index (χ1v) is 11.4. The van der Waals surface area contributed by atoms with Crippen LogP contribution in [0.4, 0.5) is 5.13 Å². The normalized spacial score (nSPS) is 17.4. The van der Waals surface area contributed by atoms with Crippen molar-refractivity contribution >= 4 is 33.0 Å². The molecule has 0 bridgehead atoms. The first-order chi connectivity index (χ1) is 14.5. The summed E-state index contributed by atoms with van der Waals surface area (Å²) in [4.78, 5) is 20.5. The fourth-order valence-electron chi connectivity index (χ4n) is 3.95. The van der Waals surface area contributed by atoms with Crippen molar-refractivity contribution < 1.29 is 9.53 Å². The van der Waals surface area contributed by atoms with Gasteiger partial charge in [-0.15, -0.1) is 0 Å². The van der Waals surface area contributed by atoms with Crippen LogP contribution in [0.1, 0.15) is 23.6 Å². The Bertz CT molecular complexity index is 1030. The van der Waals surface area contributed by atoms with Crippen molar-refractivity contribution in [3.05, 3.63) is 53.1 Å². The Morgan fingerprint density at radius 2 is 2.07 bits per heavy atom. The van der Waals surface area contributed by atoms with Gasteiger partial charge in [-0.3, -0.25) is 4.90 Å². The highest BCUT2D eigenvalue weighted by atomic mass is 32.1. The lowest BCUT2D eigenvalue weighted by atomic mass is 10.1. The largest absolute Gasteiger partial charge is 0.492 e. The van der Waals surface area contributed by atoms with Gasteiger partial charge in [-0.05, 0) is 55.7 Å². The molecule has 0 spiro atoms. The van der Waals surface area contributed by atoms with Gasteiger partial charge in [-0.1, -0.05) is 29.5 Å². The standard InChI is InChI=1S/C24H29N3O2S/c1-17-4-7-21-23(14-17)30-24(25-21)27-10-9-26(19(3)16-27)11-13-29-22-15-20(8-12-28)6-5-18(22)2/h4-7,12,14-15,19H,8-11,13,16H2,1-3H3/t19-/m0/s1. The van der Waals surface area contributed by atoms with E-state index in [9.17, 15) is 4.79 Å². The van der Waals surface area contributed by atoms with E-state index >= 15 is 0 Å². The van der Waals surface area contributed by atoms with Crippen molar-refractivity contribution in [2.45, 2.75) is 33.2 Å². The molecule has 158 valence electrons. The van der Waals surface area contributed by atoms with Gasteiger partial charge in [0.05, 0.1) is 10.2 Å². The van der Waals surface area contributed by atoms with Crippen LogP contribution in [0.5, 0.6) is 5.75 Å². The fraction of sp³-hybridized carbons (Fsp3) is 0.417. The lowest BCUT2D eigenvalue weighted by Gasteiger charge is -2.39. The van der Waals surface area contributed by atoms with Crippen molar-refractivity contribution in [2.75, 3.05) is 37.7 Å². The van der Waals surface area contributed by atoms with Crippen LogP contribution in [-0.4, -0.2) is 55.0 Å². The molecule has 2 heterocycles. The Hall–Kier alpha value is -2.44. The third-order valence-electron chi connectivity index (χ3n) is 5.78. The summed E-state index contributed by atoms with van der Waals surface area (Å²) in [5, 5.41) is 1.13. The van der Waals surface area contributed by atoms with Crippen LogP contribution in [-0.2, 0) is 11.2 Å². The number of piperazine rings is 1. The average Bonchev–Trinajstić information content (AvgIpc) is 3.15. The summed E-state index contributed by atoms with van der Waals surface area (Å²) in [5.41, 5.74) is 4.48. The Balaban J connectivity index is 1.32. The van der Waals surface area contributed by atoms with E-state index in [1.54, 1.807) is 11.3 Å². The number of aryl methyl sites for hydroxylation is 2. The second-order valence-electron chi connectivity index (χ2n) is 8.12. The van der Waals surface area contributed by atoms with Gasteiger partial charge in [-0.25, -0.2) is 4.98 Å². The molecule has 0 radical (unpaired) electrons. The molecule has 0 amide bonds. The SMILES string of the molecule is Cc1ccc2nc(N3CCN(CCOc4cc(CC=O)ccc4C)[C@@H](C)C3)sc2c1. The molecule has 2 aromatic carbocycles. The fourth-order valence-corrected chi connectivity index (χ4v) is 5.05. The van der Waals surface area contributed by atoms with Gasteiger partial charge in [-0.2, -0.15) is 0 Å². The zero-order chi connectivity index (χ0) is 21.1. The molecule has 1 atom stereocenters. The van der Waals surface area contributed by atoms with Gasteiger partial charge in [0, 0.05) is 38.6 Å². The Kier molecular flexibility index (Phi) is 6.35. The van der Waals surface area contributed by atoms with Crippen molar-refractivity contribution in [1.29, 1.82) is 0 Å². The van der Waals surface area contributed by atoms with Gasteiger partial charge in [0.1, 0.15) is 18.6 Å². The number of aldehydes is 1. The summed E-state index contributed by atoms with van der Waals surface area (Å²) in [7, 11) is 0. The van der Waals surface area contributed by atoms with E-state index in [0.29, 0.717) is 19.1 Å². The smallest absolute Gasteiger partial charge is 0.186 e. The van der Waals surface area contributed by atoms with Crippen LogP contribution in [0.15, 0.2) is 36.4 Å². The molecule has 1 aliphatic rings. The van der Waals surface area contributed by atoms with Gasteiger partial charge < -0.3 is 14.4 Å². The highest BCUT2D eigenvalue weighted by Gasteiger charge is 2.25. The molecule has 4 rings (SSSR count). The minimum Gasteiger partial charge on any atom is -0.492 e. The number of carbonyl (C=O) groups excluding carboxylic acids is 1. The van der Waals surface area contributed by atoms with E-state index in [-0.39, 0.29) is 0 Å². The van der Waals surface area contributed by atoms with Gasteiger partial charge in [0.25, 0.3) is 0 Å². The number of hydrogen-bond donors (Lipinski definition) is 0. The lowest BCUT2D eigenvalue weighted by Crippen LogP contribution is -2.52. The van der Waals surface area contributed by atoms with Crippen LogP contribution in [0.2, 0.25) is 0 Å². The topological polar surface area (TPSA) is 45.7 Å². The van der Waals surface area contributed by atoms with E-state index in [1.807, 2.05) is 25.1 Å². The number of hydrogen-bond acceptors (Lipinski definition) is 6. The molecular formula is C24H29N3O2S. The third-order valence-corrected chi connectivity index (χ3v) is 6.85. The first kappa shape index (κ1) is 20.8. The predicted molar refractivity (Wildman–Crippen MR) is 124 cm³/mol. The highest BCUT2D eigenvalue weighted by molar-refractivity contribution is 7.22. The van der Waals surface area contributed by atoms with E-state index in [1.165, 1.54) is 10.3 Å². The zero-order valence-corrected chi connectivity index (χ0v) is 18.7. The van der Waals surface area contributed by atoms with Gasteiger partial charge >= 0.3 is 0 Å². The van der Waals surface area contributed by atoms with Crippen LogP contribution in [0.25, 0.3) is 10.2 Å². The molecule has 1 aliphatic heterocycles. The minimum absolute atomic E-state index is 0.432. The quantitative estimate of drug-likeness (QED) is 0.532. The number of benzene rings is 2. The van der Waals surface area contributed by atoms with E-state index in [2.05, 4.69) is 41.8 Å². The summed E-state index contributed by atoms with van der Waals surface area (Å²) in [6.07, 6.45) is 1.36. The summed E-state index contributed by atoms with van der Waals surface area (Å²) in [5.74, 6) is 0.880. The predicted octanol–water partition coefficient (Wildman–Crippen LogP) is 4.24. The number of thiazole rings is 1. The number of anilines is 1. The molecule has 5 nitrogen and oxygen atoms in total. The zero-order valence-electron chi connectivity index (χ0n) is 17.9. The molecule has 0 aliphatic carbocycles. The molecule has 1 fully saturated rings. The van der Waals surface area contributed by atoms with Crippen molar-refractivity contribution in [3.8, 4) is 5.75 Å². The molecule has 1 saturated heterocycles. The number of rotatable bonds is 7. The van der Waals surface area contributed by atoms with Crippen molar-refractivity contribution in [3.63, 3.8) is 0 Å². The first-order valence-electron chi connectivity index (χ1n) is 10.6. The number of fused-ring (bicyclic) bond motifs is 1. The molecule has 0 saturated carbocycles. The molecule has 0 N–H and O–H groups in total. The van der Waals surface area contributed by atoms with Gasteiger partial charge in [0.15, 0.2) is 5.13 Å². The van der Waals surface area contributed by atoms with Gasteiger partial charge in [0.2, 0.25) is 0 Å². The second kappa shape index (κ2) is 9.14. The number of carbonyl (C=O) groups is 1. The third kappa shape index (κ3) is 4.65. The Morgan fingerprint density at radius 1 is 1.20 bits per heavy atom. The molecule has 1 aromatic heterocycles. The number of aromatic nitrogens is 1. The summed E-state index contributed by atoms with van der Waals surface area (Å²) in [6, 6.07) is 12.9. The van der Waals surface area contributed by atoms with E-state index in [0.717, 1.165) is 60.0 Å². The second-order valence-corrected chi connectivity index (χ2v) is 9.13. The van der Waals surface area contributed by atoms with Crippen LogP contribution < -0.4 is 9.64 Å². The van der Waals surface area contributed by atoms with Crippen molar-refractivity contribution in [2.24, 2.45) is 0 Å². The maximum atomic E-state index is 10.8. The minimum atomic E-state index is 0.432. The summed E-state index contributed by atoms with van der Waals surface area (Å²) < 4.78 is 7.32. The summed E-state index contributed by atoms with van der Waals surface area (Å²) >= 11 is 1.79. The van der Waals surface area contributed by atoms with Crippen LogP contribution in [0.3, 0.4) is 0 Å². The Labute approximate surface area is 182 Å². The summed E-state index contributed by atoms with van der Waals surface area (Å²) in [6.45, 7) is 11.0. The van der Waals surface area contributed by atoms with Crippen LogP contribution >= 0.6 is 11.3 Å². The monoisotopic (exact) mass is 423 g/mol. The molecule has 30 heavy (non-hydrogen) atoms. The maximum absolute atomic E-state index is 10.8. The van der Waals surface area contributed by atoms with E-state index in [4.69, 9.17) is 9.72 Å². The van der Waals surface area contributed by atoms with E-state index < -0.39 is 0 Å². The average molecular weight is 424 g/mol. The number of ether oxygens (including phenoxy) is 1. The molecular weight excluding hydrogens is 394 g/mol. The van der Waals surface area contributed by atoms with Crippen LogP contribution in [0, 0.1) is 13.8 Å². The Morgan fingerprint density at radius 3 is 2.87 bits per heavy atom. The lowest BCUT2D eigenvalue weighted by molar-refractivity contribution is -0.107. The molecule has 0 unspecified atom stereocenters. The molecule has 6 heteroatoms. The highest BCUT2D eigenvalue weighted by Crippen LogP contribution is 2.30. The molecule has 3 aromatic rings. The van der Waals surface area contributed by atoms with Crippen molar-refractivity contribution in [1.82, 2.24) is 9.88 Å². The maximum Gasteiger partial charge on any atom is 0.186 e.